The van der Waals surface area contributed by atoms with Gasteiger partial charge in [0, 0.05) is 0 Å². The molecule has 1 aliphatic rings. The van der Waals surface area contributed by atoms with Crippen LogP contribution in [0.5, 0.6) is 0 Å². The van der Waals surface area contributed by atoms with Crippen molar-refractivity contribution >= 4 is 28.7 Å². The maximum atomic E-state index is 4.11. The van der Waals surface area contributed by atoms with Crippen LogP contribution in [-0.4, -0.2) is 16.0 Å². The Labute approximate surface area is 86.4 Å². The van der Waals surface area contributed by atoms with Crippen LogP contribution in [0.3, 0.4) is 0 Å². The Hall–Kier alpha value is 1.01. The van der Waals surface area contributed by atoms with Crippen molar-refractivity contribution in [1.29, 1.82) is 0 Å². The topological polar surface area (TPSA) is 0 Å². The zero-order valence-electron chi connectivity index (χ0n) is 8.27. The molecule has 1 saturated heterocycles. The number of allylic oxidation sites excluding steroid dienone is 1. The Balaban J connectivity index is 2.72. The molecular weight excluding hydrogens is 328 g/mol. The van der Waals surface area contributed by atoms with Crippen molar-refractivity contribution in [2.75, 3.05) is 0 Å². The van der Waals surface area contributed by atoms with Crippen LogP contribution in [-0.2, 0) is 0 Å². The monoisotopic (exact) mass is 348 g/mol. The number of rotatable bonds is 2. The van der Waals surface area contributed by atoms with Crippen LogP contribution >= 0.6 is 12.8 Å². The minimum atomic E-state index is -1.69. The van der Waals surface area contributed by atoms with Crippen LogP contribution in [0.15, 0.2) is 12.2 Å². The van der Waals surface area contributed by atoms with Gasteiger partial charge >= 0.3 is 86.9 Å². The molecule has 1 aliphatic heterocycles. The molecule has 0 nitrogen and oxygen atoms in total. The first-order valence-corrected chi connectivity index (χ1v) is 14.2. The van der Waals surface area contributed by atoms with Gasteiger partial charge in [0.1, 0.15) is 0 Å². The summed E-state index contributed by atoms with van der Waals surface area (Å²) in [6.07, 6.45) is 2.89. The fourth-order valence-corrected chi connectivity index (χ4v) is 16.1. The van der Waals surface area contributed by atoms with E-state index in [0.717, 1.165) is 7.93 Å². The predicted octanol–water partition coefficient (Wildman–Crippen LogP) is 4.48. The molecule has 0 spiro atoms. The van der Waals surface area contributed by atoms with Gasteiger partial charge in [-0.25, -0.2) is 0 Å². The molecule has 0 aromatic rings. The third-order valence-corrected chi connectivity index (χ3v) is 24.5. The predicted molar refractivity (Wildman–Crippen MR) is 62.4 cm³/mol. The number of hydrogen-bond acceptors (Lipinski definition) is 0. The summed E-state index contributed by atoms with van der Waals surface area (Å²) >= 11 is 2.42. The standard InChI is InChI=1S/C10H19BrTe/c1-8(2)7-12(11)9(3)5-6-10(12)4/h9-10H,1,5-7H2,2-4H3. The van der Waals surface area contributed by atoms with Gasteiger partial charge in [0.05, 0.1) is 0 Å². The van der Waals surface area contributed by atoms with Crippen LogP contribution in [0.4, 0.5) is 0 Å². The average Bonchev–Trinajstić information content (AvgIpc) is 2.16. The van der Waals surface area contributed by atoms with E-state index in [1.54, 1.807) is 0 Å². The SMILES string of the molecule is C=C(C)C[Te]1(Br)C(C)CCC1C. The summed E-state index contributed by atoms with van der Waals surface area (Å²) in [5.74, 6) is 0. The third-order valence-electron chi connectivity index (χ3n) is 2.79. The summed E-state index contributed by atoms with van der Waals surface area (Å²) in [5.41, 5.74) is 1.38. The molecule has 0 bridgehead atoms. The van der Waals surface area contributed by atoms with Gasteiger partial charge in [0.25, 0.3) is 0 Å². The summed E-state index contributed by atoms with van der Waals surface area (Å²) < 4.78 is 3.30. The molecule has 0 amide bonds. The first-order valence-electron chi connectivity index (χ1n) is 4.59. The van der Waals surface area contributed by atoms with Crippen molar-refractivity contribution < 1.29 is 0 Å². The van der Waals surface area contributed by atoms with Gasteiger partial charge in [-0.05, 0) is 0 Å². The van der Waals surface area contributed by atoms with Gasteiger partial charge < -0.3 is 0 Å². The van der Waals surface area contributed by atoms with Crippen LogP contribution < -0.4 is 0 Å². The average molecular weight is 347 g/mol. The summed E-state index contributed by atoms with van der Waals surface area (Å²) in [6, 6.07) is 0. The van der Waals surface area contributed by atoms with Gasteiger partial charge in [0.15, 0.2) is 0 Å². The van der Waals surface area contributed by atoms with E-state index < -0.39 is 16.0 Å². The zero-order valence-corrected chi connectivity index (χ0v) is 12.2. The molecule has 0 radical (unpaired) electrons. The molecule has 72 valence electrons. The molecule has 2 atom stereocenters. The van der Waals surface area contributed by atoms with Crippen LogP contribution in [0.1, 0.15) is 33.6 Å². The van der Waals surface area contributed by atoms with Crippen molar-refractivity contribution in [3.63, 3.8) is 0 Å². The van der Waals surface area contributed by atoms with Crippen LogP contribution in [0, 0.1) is 0 Å². The summed E-state index contributed by atoms with van der Waals surface area (Å²) in [4.78, 5) is 0. The van der Waals surface area contributed by atoms with Gasteiger partial charge in [-0.3, -0.25) is 0 Å². The maximum absolute atomic E-state index is 4.11. The first-order chi connectivity index (χ1) is 5.47. The van der Waals surface area contributed by atoms with E-state index in [4.69, 9.17) is 0 Å². The van der Waals surface area contributed by atoms with E-state index >= 15 is 0 Å². The van der Waals surface area contributed by atoms with E-state index in [9.17, 15) is 0 Å². The molecular formula is C10H19BrTe. The molecule has 1 fully saturated rings. The number of halogens is 1. The van der Waals surface area contributed by atoms with Crippen molar-refractivity contribution in [2.24, 2.45) is 0 Å². The summed E-state index contributed by atoms with van der Waals surface area (Å²) in [5, 5.41) is 0. The van der Waals surface area contributed by atoms with E-state index in [0.29, 0.717) is 0 Å². The molecule has 0 aromatic carbocycles. The fraction of sp³-hybridized carbons (Fsp3) is 0.800. The molecule has 0 aromatic heterocycles. The van der Waals surface area contributed by atoms with Crippen molar-refractivity contribution in [3.05, 3.63) is 12.2 Å². The zero-order chi connectivity index (χ0) is 9.35. The molecule has 1 rings (SSSR count). The summed E-state index contributed by atoms with van der Waals surface area (Å²) in [7, 11) is 0. The molecule has 12 heavy (non-hydrogen) atoms. The van der Waals surface area contributed by atoms with Gasteiger partial charge in [0.2, 0.25) is 0 Å². The second-order valence-electron chi connectivity index (χ2n) is 4.06. The Bertz CT molecular complexity index is 178. The Morgan fingerprint density at radius 2 is 1.83 bits per heavy atom. The molecule has 2 heteroatoms. The second kappa shape index (κ2) is 4.03. The van der Waals surface area contributed by atoms with E-state index in [1.807, 2.05) is 0 Å². The van der Waals surface area contributed by atoms with Crippen molar-refractivity contribution in [3.8, 4) is 0 Å². The van der Waals surface area contributed by atoms with Gasteiger partial charge in [-0.15, -0.1) is 0 Å². The Morgan fingerprint density at radius 1 is 1.42 bits per heavy atom. The van der Waals surface area contributed by atoms with Crippen molar-refractivity contribution in [1.82, 2.24) is 0 Å². The fourth-order valence-electron chi connectivity index (χ4n) is 1.92. The molecule has 0 N–H and O–H groups in total. The van der Waals surface area contributed by atoms with E-state index in [2.05, 4.69) is 40.1 Å². The van der Waals surface area contributed by atoms with Gasteiger partial charge in [-0.1, -0.05) is 0 Å². The molecule has 0 aliphatic carbocycles. The Kier molecular flexibility index (Phi) is 3.72. The minimum absolute atomic E-state index is 0.986. The molecule has 0 saturated carbocycles. The quantitative estimate of drug-likeness (QED) is 0.511. The number of hydrogen-bond donors (Lipinski definition) is 0. The second-order valence-corrected chi connectivity index (χ2v) is 21.9. The summed E-state index contributed by atoms with van der Waals surface area (Å²) in [6.45, 7) is 11.1. The van der Waals surface area contributed by atoms with E-state index in [1.165, 1.54) is 22.9 Å². The first kappa shape index (κ1) is 11.1. The van der Waals surface area contributed by atoms with E-state index in [-0.39, 0.29) is 0 Å². The Morgan fingerprint density at radius 3 is 2.17 bits per heavy atom. The van der Waals surface area contributed by atoms with Crippen LogP contribution in [0.2, 0.25) is 12.4 Å². The normalized spacial score (nSPS) is 47.0. The molecule has 1 heterocycles. The van der Waals surface area contributed by atoms with Gasteiger partial charge in [-0.2, -0.15) is 0 Å². The third kappa shape index (κ3) is 2.08. The molecule has 2 unspecified atom stereocenters. The van der Waals surface area contributed by atoms with Crippen LogP contribution in [0.25, 0.3) is 0 Å². The van der Waals surface area contributed by atoms with Crippen molar-refractivity contribution in [2.45, 2.75) is 46.0 Å².